The molecule has 0 saturated carbocycles. The van der Waals surface area contributed by atoms with Gasteiger partial charge < -0.3 is 10.1 Å². The lowest BCUT2D eigenvalue weighted by Gasteiger charge is -2.23. The van der Waals surface area contributed by atoms with E-state index in [1.54, 1.807) is 0 Å². The summed E-state index contributed by atoms with van der Waals surface area (Å²) in [7, 11) is 0. The third-order valence-corrected chi connectivity index (χ3v) is 4.87. The summed E-state index contributed by atoms with van der Waals surface area (Å²) in [6, 6.07) is 0. The minimum Gasteiger partial charge on any atom is -0.372 e. The van der Waals surface area contributed by atoms with Gasteiger partial charge in [0.25, 0.3) is 0 Å². The first-order chi connectivity index (χ1) is 9.26. The fraction of sp³-hybridized carbons (Fsp3) is 0.800. The normalized spacial score (nSPS) is 23.5. The van der Waals surface area contributed by atoms with Crippen LogP contribution < -0.4 is 5.32 Å². The summed E-state index contributed by atoms with van der Waals surface area (Å²) >= 11 is 3.57. The van der Waals surface area contributed by atoms with Crippen LogP contribution in [0.1, 0.15) is 45.0 Å². The van der Waals surface area contributed by atoms with Crippen LogP contribution in [0.25, 0.3) is 0 Å². The topological polar surface area (TPSA) is 39.1 Å². The molecule has 114 valence electrons. The summed E-state index contributed by atoms with van der Waals surface area (Å²) in [5, 5.41) is 8.08. The van der Waals surface area contributed by atoms with Gasteiger partial charge in [0.2, 0.25) is 0 Å². The second-order valence-electron chi connectivity index (χ2n) is 6.76. The van der Waals surface area contributed by atoms with E-state index in [1.807, 2.05) is 6.92 Å². The highest BCUT2D eigenvalue weighted by Crippen LogP contribution is 2.24. The zero-order valence-electron chi connectivity index (χ0n) is 13.2. The minimum absolute atomic E-state index is 0.155. The summed E-state index contributed by atoms with van der Waals surface area (Å²) in [4.78, 5) is 0. The number of aromatic nitrogens is 2. The maximum atomic E-state index is 6.13. The molecule has 2 heterocycles. The molecule has 1 aromatic heterocycles. The van der Waals surface area contributed by atoms with Crippen LogP contribution in [-0.2, 0) is 11.3 Å². The fourth-order valence-electron chi connectivity index (χ4n) is 2.53. The molecule has 1 saturated heterocycles. The van der Waals surface area contributed by atoms with E-state index in [2.05, 4.69) is 58.7 Å². The molecule has 2 atom stereocenters. The predicted octanol–water partition coefficient (Wildman–Crippen LogP) is 3.20. The van der Waals surface area contributed by atoms with E-state index >= 15 is 0 Å². The summed E-state index contributed by atoms with van der Waals surface area (Å²) in [5.41, 5.74) is 2.39. The number of aryl methyl sites for hydroxylation is 1. The van der Waals surface area contributed by atoms with Gasteiger partial charge in [0.15, 0.2) is 0 Å². The van der Waals surface area contributed by atoms with Gasteiger partial charge in [0.1, 0.15) is 0 Å². The Morgan fingerprint density at radius 2 is 1.95 bits per heavy atom. The average Bonchev–Trinajstić information content (AvgIpc) is 2.88. The van der Waals surface area contributed by atoms with Crippen molar-refractivity contribution < 1.29 is 4.74 Å². The van der Waals surface area contributed by atoms with E-state index in [-0.39, 0.29) is 11.6 Å². The molecule has 0 aliphatic carbocycles. The van der Waals surface area contributed by atoms with Gasteiger partial charge in [0.05, 0.1) is 28.9 Å². The number of hydrogen-bond donors (Lipinski definition) is 1. The number of halogens is 1. The van der Waals surface area contributed by atoms with Crippen LogP contribution in [0, 0.1) is 13.8 Å². The molecule has 0 radical (unpaired) electrons. The van der Waals surface area contributed by atoms with Crippen LogP contribution >= 0.6 is 15.9 Å². The minimum atomic E-state index is 0.155. The predicted molar refractivity (Wildman–Crippen MR) is 85.1 cm³/mol. The highest BCUT2D eigenvalue weighted by molar-refractivity contribution is 9.10. The van der Waals surface area contributed by atoms with Gasteiger partial charge in [-0.1, -0.05) is 0 Å². The molecule has 0 aromatic carbocycles. The second-order valence-corrected chi connectivity index (χ2v) is 7.55. The molecule has 1 aromatic rings. The van der Waals surface area contributed by atoms with Crippen molar-refractivity contribution in [3.05, 3.63) is 15.9 Å². The van der Waals surface area contributed by atoms with Crippen LogP contribution in [0.2, 0.25) is 0 Å². The highest BCUT2D eigenvalue weighted by atomic mass is 79.9. The van der Waals surface area contributed by atoms with E-state index in [9.17, 15) is 0 Å². The van der Waals surface area contributed by atoms with E-state index in [1.165, 1.54) is 5.69 Å². The van der Waals surface area contributed by atoms with Crippen molar-refractivity contribution in [1.82, 2.24) is 15.1 Å². The first kappa shape index (κ1) is 16.0. The molecule has 4 nitrogen and oxygen atoms in total. The Hall–Kier alpha value is -0.390. The Morgan fingerprint density at radius 3 is 2.50 bits per heavy atom. The van der Waals surface area contributed by atoms with Crippen molar-refractivity contribution >= 4 is 15.9 Å². The smallest absolute Gasteiger partial charge is 0.0776 e. The van der Waals surface area contributed by atoms with Gasteiger partial charge in [-0.15, -0.1) is 0 Å². The molecule has 2 rings (SSSR count). The lowest BCUT2D eigenvalue weighted by Crippen LogP contribution is -2.41. The summed E-state index contributed by atoms with van der Waals surface area (Å²) < 4.78 is 9.30. The molecule has 1 aliphatic heterocycles. The van der Waals surface area contributed by atoms with Crippen molar-refractivity contribution in [3.63, 3.8) is 0 Å². The molecule has 20 heavy (non-hydrogen) atoms. The Balaban J connectivity index is 1.85. The first-order valence-electron chi connectivity index (χ1n) is 7.36. The molecule has 1 N–H and O–H groups in total. The number of rotatable bonds is 4. The molecule has 5 heteroatoms. The van der Waals surface area contributed by atoms with Crippen molar-refractivity contribution in [2.75, 3.05) is 6.54 Å². The monoisotopic (exact) mass is 343 g/mol. The lowest BCUT2D eigenvalue weighted by atomic mass is 10.1. The molecule has 1 fully saturated rings. The highest BCUT2D eigenvalue weighted by Gasteiger charge is 2.27. The quantitative estimate of drug-likeness (QED) is 0.912. The molecule has 2 unspecified atom stereocenters. The van der Waals surface area contributed by atoms with Crippen LogP contribution in [0.3, 0.4) is 0 Å². The molecule has 0 spiro atoms. The Bertz CT molecular complexity index is 464. The van der Waals surface area contributed by atoms with Gasteiger partial charge in [-0.2, -0.15) is 5.10 Å². The Kier molecular flexibility index (Phi) is 4.92. The fourth-order valence-corrected chi connectivity index (χ4v) is 2.81. The third kappa shape index (κ3) is 4.06. The molecule has 0 bridgehead atoms. The number of hydrogen-bond acceptors (Lipinski definition) is 3. The van der Waals surface area contributed by atoms with Crippen LogP contribution in [-0.4, -0.2) is 34.1 Å². The second kappa shape index (κ2) is 6.16. The maximum Gasteiger partial charge on any atom is 0.0776 e. The van der Waals surface area contributed by atoms with Crippen molar-refractivity contribution in [1.29, 1.82) is 0 Å². The summed E-state index contributed by atoms with van der Waals surface area (Å²) in [6.07, 6.45) is 2.87. The van der Waals surface area contributed by atoms with Crippen LogP contribution in [0.5, 0.6) is 0 Å². The largest absolute Gasteiger partial charge is 0.372 e. The number of nitrogens with zero attached hydrogens (tertiary/aromatic N) is 2. The van der Waals surface area contributed by atoms with Crippen molar-refractivity contribution in [3.8, 4) is 0 Å². The standard InChI is InChI=1S/C15H26BrN3O/c1-10-14(16)11(2)19(18-10)9-13-7-6-12(20-13)8-17-15(3,4)5/h12-13,17H,6-9H2,1-5H3. The van der Waals surface area contributed by atoms with Gasteiger partial charge in [-0.3, -0.25) is 4.68 Å². The lowest BCUT2D eigenvalue weighted by molar-refractivity contribution is 0.0308. The average molecular weight is 344 g/mol. The van der Waals surface area contributed by atoms with Gasteiger partial charge in [-0.25, -0.2) is 0 Å². The van der Waals surface area contributed by atoms with E-state index < -0.39 is 0 Å². The van der Waals surface area contributed by atoms with E-state index in [0.717, 1.165) is 36.1 Å². The number of nitrogens with one attached hydrogen (secondary N) is 1. The number of ether oxygens (including phenoxy) is 1. The Morgan fingerprint density at radius 1 is 1.30 bits per heavy atom. The van der Waals surface area contributed by atoms with Crippen molar-refractivity contribution in [2.24, 2.45) is 0 Å². The summed E-state index contributed by atoms with van der Waals surface area (Å²) in [6.45, 7) is 12.5. The first-order valence-corrected chi connectivity index (χ1v) is 8.15. The molecule has 0 amide bonds. The third-order valence-electron chi connectivity index (χ3n) is 3.73. The Labute approximate surface area is 130 Å². The van der Waals surface area contributed by atoms with E-state index in [4.69, 9.17) is 4.74 Å². The van der Waals surface area contributed by atoms with Crippen molar-refractivity contribution in [2.45, 2.75) is 71.8 Å². The maximum absolute atomic E-state index is 6.13. The molecular formula is C15H26BrN3O. The zero-order chi connectivity index (χ0) is 14.9. The zero-order valence-corrected chi connectivity index (χ0v) is 14.7. The van der Waals surface area contributed by atoms with Crippen LogP contribution in [0.4, 0.5) is 0 Å². The van der Waals surface area contributed by atoms with Gasteiger partial charge in [0, 0.05) is 17.8 Å². The van der Waals surface area contributed by atoms with E-state index in [0.29, 0.717) is 6.10 Å². The molecule has 1 aliphatic rings. The molecular weight excluding hydrogens is 318 g/mol. The SMILES string of the molecule is Cc1nn(CC2CCC(CNC(C)(C)C)O2)c(C)c1Br. The van der Waals surface area contributed by atoms with Crippen LogP contribution in [0.15, 0.2) is 4.47 Å². The van der Waals surface area contributed by atoms with Gasteiger partial charge >= 0.3 is 0 Å². The van der Waals surface area contributed by atoms with Gasteiger partial charge in [-0.05, 0) is 63.4 Å². The summed E-state index contributed by atoms with van der Waals surface area (Å²) in [5.74, 6) is 0.